The van der Waals surface area contributed by atoms with E-state index in [1.165, 1.54) is 0 Å². The van der Waals surface area contributed by atoms with Gasteiger partial charge in [-0.2, -0.15) is 0 Å². The largest absolute Gasteiger partial charge is 1.00 e. The predicted molar refractivity (Wildman–Crippen MR) is 25.8 cm³/mol. The van der Waals surface area contributed by atoms with Crippen molar-refractivity contribution in [3.8, 4) is 0 Å². The molecular weight excluding hydrogens is 629 g/mol. The smallest absolute Gasteiger partial charge is 0.808 e. The molecule has 0 aromatic heterocycles. The normalized spacial score (nSPS) is 11.1. The van der Waals surface area contributed by atoms with Gasteiger partial charge >= 0.3 is 89.5 Å². The zero-order valence-electron chi connectivity index (χ0n) is 6.50. The molecule has 0 rings (SSSR count). The van der Waals surface area contributed by atoms with Crippen molar-refractivity contribution >= 4 is 15.2 Å². The summed E-state index contributed by atoms with van der Waals surface area (Å²) in [5, 5.41) is 4.68. The van der Waals surface area contributed by atoms with Gasteiger partial charge in [0.1, 0.15) is 5.08 Å². The molecule has 0 saturated carbocycles. The summed E-state index contributed by atoms with van der Waals surface area (Å²) < 4.78 is 19.9. The van der Waals surface area contributed by atoms with Crippen molar-refractivity contribution in [2.24, 2.45) is 0 Å². The molecule has 0 radical (unpaired) electrons. The Kier molecular flexibility index (Phi) is 20.7. The molecule has 0 aromatic carbocycles. The molecule has 0 heterocycles. The molecule has 108 valence electrons. The standard InChI is InChI=1S/C2H8O7P2.4Ag/c1-2(3,10(4,5)6)11(7,8)9;;;;/h3H,1H3,(H2,4,5,6)(H2,7,8,9);;;;/q;4*+1/p-4. The van der Waals surface area contributed by atoms with Crippen LogP contribution in [0, 0.1) is 0 Å². The van der Waals surface area contributed by atoms with Gasteiger partial charge in [-0.05, 0) is 22.1 Å². The summed E-state index contributed by atoms with van der Waals surface area (Å²) in [4.78, 5) is 39.8. The van der Waals surface area contributed by atoms with Crippen LogP contribution in [0.4, 0.5) is 0 Å². The van der Waals surface area contributed by atoms with Crippen LogP contribution in [0.1, 0.15) is 6.92 Å². The first-order valence-electron chi connectivity index (χ1n) is 2.27. The van der Waals surface area contributed by atoms with Crippen molar-refractivity contribution in [3.63, 3.8) is 0 Å². The van der Waals surface area contributed by atoms with E-state index in [0.29, 0.717) is 0 Å². The van der Waals surface area contributed by atoms with Gasteiger partial charge in [-0.3, -0.25) is 0 Å². The molecule has 0 fully saturated rings. The quantitative estimate of drug-likeness (QED) is 0.245. The second-order valence-electron chi connectivity index (χ2n) is 1.97. The third-order valence-corrected chi connectivity index (χ3v) is 4.58. The van der Waals surface area contributed by atoms with Crippen molar-refractivity contribution < 1.29 is 123 Å². The minimum atomic E-state index is -5.82. The zero-order valence-corrected chi connectivity index (χ0v) is 14.2. The summed E-state index contributed by atoms with van der Waals surface area (Å²) in [6, 6.07) is 0. The number of hydrogen-bond acceptors (Lipinski definition) is 7. The molecule has 0 saturated heterocycles. The molecule has 0 aliphatic rings. The Morgan fingerprint density at radius 3 is 1.00 bits per heavy atom. The van der Waals surface area contributed by atoms with Gasteiger partial charge in [0.2, 0.25) is 0 Å². The Morgan fingerprint density at radius 2 is 1.00 bits per heavy atom. The van der Waals surface area contributed by atoms with Crippen LogP contribution in [-0.2, 0) is 98.7 Å². The van der Waals surface area contributed by atoms with Gasteiger partial charge in [-0.1, -0.05) is 0 Å². The van der Waals surface area contributed by atoms with Gasteiger partial charge in [0, 0.05) is 0 Å². The molecule has 0 spiro atoms. The molecule has 7 nitrogen and oxygen atoms in total. The van der Waals surface area contributed by atoms with E-state index in [2.05, 4.69) is 0 Å². The van der Waals surface area contributed by atoms with Crippen LogP contribution in [0.15, 0.2) is 0 Å². The molecule has 0 unspecified atom stereocenters. The molecule has 0 atom stereocenters. The first-order valence-corrected chi connectivity index (χ1v) is 5.35. The van der Waals surface area contributed by atoms with E-state index < -0.39 is 20.3 Å². The summed E-state index contributed by atoms with van der Waals surface area (Å²) in [5.41, 5.74) is 0. The van der Waals surface area contributed by atoms with Crippen molar-refractivity contribution in [1.29, 1.82) is 0 Å². The molecule has 0 aliphatic heterocycles. The van der Waals surface area contributed by atoms with Gasteiger partial charge in [-0.15, -0.1) is 0 Å². The van der Waals surface area contributed by atoms with E-state index in [9.17, 15) is 28.7 Å². The topological polar surface area (TPSA) is 147 Å². The van der Waals surface area contributed by atoms with E-state index >= 15 is 0 Å². The van der Waals surface area contributed by atoms with Gasteiger partial charge in [0.25, 0.3) is 0 Å². The van der Waals surface area contributed by atoms with Gasteiger partial charge in [0.15, 0.2) is 0 Å². The Hall–Kier alpha value is 3.22. The van der Waals surface area contributed by atoms with Gasteiger partial charge < -0.3 is 33.8 Å². The number of hydrogen-bond donors (Lipinski definition) is 1. The molecule has 13 heteroatoms. The SMILES string of the molecule is CC(O)(P(=O)([O-])[O-])P(=O)([O-])[O-].[Ag+].[Ag+].[Ag+].[Ag+]. The van der Waals surface area contributed by atoms with Crippen molar-refractivity contribution in [3.05, 3.63) is 0 Å². The molecular formula is C2H4Ag4O7P2. The molecule has 0 amide bonds. The third kappa shape index (κ3) is 8.86. The van der Waals surface area contributed by atoms with Gasteiger partial charge in [0.05, 0.1) is 0 Å². The van der Waals surface area contributed by atoms with Crippen molar-refractivity contribution in [2.75, 3.05) is 0 Å². The zero-order chi connectivity index (χ0) is 9.50. The predicted octanol–water partition coefficient (Wildman–Crippen LogP) is -3.53. The Bertz CT molecular complexity index is 219. The Balaban J connectivity index is -0.0000000833. The minimum Gasteiger partial charge on any atom is -0.808 e. The maximum Gasteiger partial charge on any atom is 1.00 e. The summed E-state index contributed by atoms with van der Waals surface area (Å²) in [6.07, 6.45) is 0. The third-order valence-electron chi connectivity index (χ3n) is 1.04. The van der Waals surface area contributed by atoms with Crippen molar-refractivity contribution in [1.82, 2.24) is 0 Å². The average molecular weight is 633 g/mol. The van der Waals surface area contributed by atoms with Crippen LogP contribution in [0.5, 0.6) is 0 Å². The van der Waals surface area contributed by atoms with Crippen LogP contribution in [-0.4, -0.2) is 10.2 Å². The second kappa shape index (κ2) is 10.1. The van der Waals surface area contributed by atoms with Gasteiger partial charge in [-0.25, -0.2) is 0 Å². The first kappa shape index (κ1) is 30.9. The van der Waals surface area contributed by atoms with Crippen LogP contribution < -0.4 is 19.6 Å². The minimum absolute atomic E-state index is 0. The van der Waals surface area contributed by atoms with E-state index in [4.69, 9.17) is 5.11 Å². The Labute approximate surface area is 149 Å². The van der Waals surface area contributed by atoms with E-state index in [1.807, 2.05) is 0 Å². The average Bonchev–Trinajstić information content (AvgIpc) is 1.58. The second-order valence-corrected chi connectivity index (χ2v) is 6.05. The molecule has 0 aliphatic carbocycles. The van der Waals surface area contributed by atoms with Crippen molar-refractivity contribution in [2.45, 2.75) is 12.0 Å². The maximum atomic E-state index is 9.95. The van der Waals surface area contributed by atoms with E-state index in [0.717, 1.165) is 0 Å². The summed E-state index contributed by atoms with van der Waals surface area (Å²) in [5.74, 6) is 0. The fraction of sp³-hybridized carbons (Fsp3) is 1.00. The van der Waals surface area contributed by atoms with E-state index in [1.54, 1.807) is 0 Å². The summed E-state index contributed by atoms with van der Waals surface area (Å²) in [7, 11) is -11.6. The van der Waals surface area contributed by atoms with Crippen LogP contribution in [0.25, 0.3) is 0 Å². The van der Waals surface area contributed by atoms with Crippen LogP contribution >= 0.6 is 15.2 Å². The monoisotopic (exact) mass is 630 g/mol. The first-order chi connectivity index (χ1) is 4.50. The molecule has 0 bridgehead atoms. The molecule has 15 heavy (non-hydrogen) atoms. The summed E-state index contributed by atoms with van der Waals surface area (Å²) >= 11 is 0. The summed E-state index contributed by atoms with van der Waals surface area (Å²) in [6.45, 7) is 0.133. The molecule has 1 N–H and O–H groups in total. The Morgan fingerprint density at radius 1 is 0.867 bits per heavy atom. The fourth-order valence-corrected chi connectivity index (χ4v) is 1.35. The van der Waals surface area contributed by atoms with Crippen LogP contribution in [0.2, 0.25) is 0 Å². The fourth-order valence-electron chi connectivity index (χ4n) is 0.150. The van der Waals surface area contributed by atoms with E-state index in [-0.39, 0.29) is 96.4 Å². The maximum absolute atomic E-state index is 9.95. The molecule has 0 aromatic rings. The number of aliphatic hydroxyl groups is 1. The van der Waals surface area contributed by atoms with Crippen LogP contribution in [0.3, 0.4) is 0 Å². The number of rotatable bonds is 2.